The van der Waals surface area contributed by atoms with Crippen molar-refractivity contribution in [1.82, 2.24) is 0 Å². The molecule has 3 aromatic carbocycles. The van der Waals surface area contributed by atoms with Crippen LogP contribution in [0.4, 0.5) is 5.69 Å². The van der Waals surface area contributed by atoms with Gasteiger partial charge in [0.2, 0.25) is 5.91 Å². The number of benzene rings is 3. The normalized spacial score (nSPS) is 19.8. The quantitative estimate of drug-likeness (QED) is 0.676. The molecule has 140 valence electrons. The number of carbonyl (C=O) groups excluding carboxylic acids is 1. The fraction of sp³-hybridized carbons (Fsp3) is 0.240. The number of para-hydroxylation sites is 1. The summed E-state index contributed by atoms with van der Waals surface area (Å²) in [6.07, 6.45) is 1.58. The third-order valence-electron chi connectivity index (χ3n) is 6.21. The lowest BCUT2D eigenvalue weighted by atomic mass is 9.79. The van der Waals surface area contributed by atoms with Crippen molar-refractivity contribution in [3.05, 3.63) is 94.5 Å². The van der Waals surface area contributed by atoms with Gasteiger partial charge in [-0.3, -0.25) is 4.79 Å². The van der Waals surface area contributed by atoms with Gasteiger partial charge in [-0.25, -0.2) is 0 Å². The van der Waals surface area contributed by atoms with Crippen molar-refractivity contribution < 1.29 is 9.53 Å². The number of fused-ring (bicyclic) bond motifs is 3. The Hall–Kier alpha value is -3.07. The SMILES string of the molecule is COc1ccc(CN2C(=O)C3(Cc4ccc(C)cc4C3)c3ccccc32)cc1. The third kappa shape index (κ3) is 2.46. The highest BCUT2D eigenvalue weighted by molar-refractivity contribution is 6.09. The number of carbonyl (C=O) groups is 1. The Morgan fingerprint density at radius 2 is 1.71 bits per heavy atom. The van der Waals surface area contributed by atoms with Gasteiger partial charge in [0.1, 0.15) is 5.75 Å². The molecule has 1 amide bonds. The zero-order valence-electron chi connectivity index (χ0n) is 16.2. The van der Waals surface area contributed by atoms with Crippen LogP contribution in [0, 0.1) is 6.92 Å². The first kappa shape index (κ1) is 17.1. The van der Waals surface area contributed by atoms with Crippen LogP contribution in [0.15, 0.2) is 66.7 Å². The monoisotopic (exact) mass is 369 g/mol. The third-order valence-corrected chi connectivity index (χ3v) is 6.21. The summed E-state index contributed by atoms with van der Waals surface area (Å²) in [5.74, 6) is 1.05. The molecule has 28 heavy (non-hydrogen) atoms. The predicted molar refractivity (Wildman–Crippen MR) is 111 cm³/mol. The van der Waals surface area contributed by atoms with E-state index in [2.05, 4.69) is 43.3 Å². The minimum atomic E-state index is -0.459. The molecule has 1 heterocycles. The molecule has 0 saturated heterocycles. The Morgan fingerprint density at radius 1 is 0.964 bits per heavy atom. The second-order valence-corrected chi connectivity index (χ2v) is 7.96. The van der Waals surface area contributed by atoms with E-state index in [1.807, 2.05) is 35.2 Å². The Bertz CT molecular complexity index is 1070. The molecule has 1 atom stereocenters. The molecule has 0 radical (unpaired) electrons. The van der Waals surface area contributed by atoms with Crippen LogP contribution in [-0.2, 0) is 29.6 Å². The number of aryl methyl sites for hydroxylation is 1. The molecule has 0 saturated carbocycles. The first-order valence-corrected chi connectivity index (χ1v) is 9.73. The number of hydrogen-bond acceptors (Lipinski definition) is 2. The molecule has 0 aromatic heterocycles. The van der Waals surface area contributed by atoms with Gasteiger partial charge in [-0.2, -0.15) is 0 Å². The molecule has 2 aliphatic rings. The van der Waals surface area contributed by atoms with Crippen LogP contribution >= 0.6 is 0 Å². The second kappa shape index (κ2) is 6.23. The predicted octanol–water partition coefficient (Wildman–Crippen LogP) is 4.59. The van der Waals surface area contributed by atoms with Crippen LogP contribution in [-0.4, -0.2) is 13.0 Å². The summed E-state index contributed by atoms with van der Waals surface area (Å²) in [4.78, 5) is 15.7. The maximum Gasteiger partial charge on any atom is 0.238 e. The van der Waals surface area contributed by atoms with Crippen molar-refractivity contribution in [3.63, 3.8) is 0 Å². The average molecular weight is 369 g/mol. The first-order chi connectivity index (χ1) is 13.6. The molecule has 1 aliphatic heterocycles. The maximum absolute atomic E-state index is 13.8. The van der Waals surface area contributed by atoms with E-state index in [0.717, 1.165) is 29.8 Å². The van der Waals surface area contributed by atoms with Crippen LogP contribution in [0.5, 0.6) is 5.75 Å². The number of methoxy groups -OCH3 is 1. The molecule has 3 heteroatoms. The molecular weight excluding hydrogens is 346 g/mol. The van der Waals surface area contributed by atoms with E-state index in [0.29, 0.717) is 6.54 Å². The van der Waals surface area contributed by atoms with Gasteiger partial charge in [0.05, 0.1) is 19.1 Å². The molecule has 5 rings (SSSR count). The lowest BCUT2D eigenvalue weighted by molar-refractivity contribution is -0.123. The second-order valence-electron chi connectivity index (χ2n) is 7.96. The zero-order valence-corrected chi connectivity index (χ0v) is 16.2. The summed E-state index contributed by atoms with van der Waals surface area (Å²) in [5.41, 5.74) is 6.74. The van der Waals surface area contributed by atoms with Gasteiger partial charge in [0.15, 0.2) is 0 Å². The van der Waals surface area contributed by atoms with Crippen molar-refractivity contribution in [3.8, 4) is 5.75 Å². The van der Waals surface area contributed by atoms with Gasteiger partial charge >= 0.3 is 0 Å². The van der Waals surface area contributed by atoms with E-state index in [-0.39, 0.29) is 5.91 Å². The van der Waals surface area contributed by atoms with Crippen molar-refractivity contribution in [2.45, 2.75) is 31.7 Å². The Kier molecular flexibility index (Phi) is 3.80. The molecule has 3 nitrogen and oxygen atoms in total. The van der Waals surface area contributed by atoms with E-state index < -0.39 is 5.41 Å². The van der Waals surface area contributed by atoms with Gasteiger partial charge in [0, 0.05) is 5.69 Å². The lowest BCUT2D eigenvalue weighted by Crippen LogP contribution is -2.40. The average Bonchev–Trinajstić information content (AvgIpc) is 3.20. The molecule has 3 aromatic rings. The van der Waals surface area contributed by atoms with E-state index >= 15 is 0 Å². The van der Waals surface area contributed by atoms with Gasteiger partial charge in [-0.1, -0.05) is 54.1 Å². The molecule has 0 bridgehead atoms. The number of nitrogens with zero attached hydrogens (tertiary/aromatic N) is 1. The number of ether oxygens (including phenoxy) is 1. The van der Waals surface area contributed by atoms with E-state index in [4.69, 9.17) is 4.74 Å². The number of hydrogen-bond donors (Lipinski definition) is 0. The fourth-order valence-corrected chi connectivity index (χ4v) is 4.81. The van der Waals surface area contributed by atoms with Crippen molar-refractivity contribution in [2.24, 2.45) is 0 Å². The Morgan fingerprint density at radius 3 is 2.50 bits per heavy atom. The summed E-state index contributed by atoms with van der Waals surface area (Å²) < 4.78 is 5.26. The highest BCUT2D eigenvalue weighted by Gasteiger charge is 2.53. The zero-order chi connectivity index (χ0) is 19.3. The number of anilines is 1. The highest BCUT2D eigenvalue weighted by atomic mass is 16.5. The Balaban J connectivity index is 1.54. The lowest BCUT2D eigenvalue weighted by Gasteiger charge is -2.24. The van der Waals surface area contributed by atoms with E-state index in [1.165, 1.54) is 22.3 Å². The standard InChI is InChI=1S/C25H23NO2/c1-17-7-10-19-14-25(15-20(19)13-17)22-5-3-4-6-23(22)26(24(25)27)16-18-8-11-21(28-2)12-9-18/h3-13H,14-16H2,1-2H3. The summed E-state index contributed by atoms with van der Waals surface area (Å²) in [5, 5.41) is 0. The van der Waals surface area contributed by atoms with Crippen LogP contribution in [0.2, 0.25) is 0 Å². The topological polar surface area (TPSA) is 29.5 Å². The van der Waals surface area contributed by atoms with Gasteiger partial charge in [0.25, 0.3) is 0 Å². The molecular formula is C25H23NO2. The minimum absolute atomic E-state index is 0.221. The summed E-state index contributed by atoms with van der Waals surface area (Å²) >= 11 is 0. The van der Waals surface area contributed by atoms with Crippen LogP contribution < -0.4 is 9.64 Å². The fourth-order valence-electron chi connectivity index (χ4n) is 4.81. The van der Waals surface area contributed by atoms with Crippen molar-refractivity contribution >= 4 is 11.6 Å². The summed E-state index contributed by atoms with van der Waals surface area (Å²) in [7, 11) is 1.67. The molecule has 0 fully saturated rings. The first-order valence-electron chi connectivity index (χ1n) is 9.73. The highest BCUT2D eigenvalue weighted by Crippen LogP contribution is 2.50. The number of rotatable bonds is 3. The molecule has 1 aliphatic carbocycles. The largest absolute Gasteiger partial charge is 0.497 e. The van der Waals surface area contributed by atoms with Gasteiger partial charge in [-0.15, -0.1) is 0 Å². The molecule has 1 unspecified atom stereocenters. The van der Waals surface area contributed by atoms with Crippen LogP contribution in [0.3, 0.4) is 0 Å². The van der Waals surface area contributed by atoms with Crippen molar-refractivity contribution in [1.29, 1.82) is 0 Å². The molecule has 0 N–H and O–H groups in total. The van der Waals surface area contributed by atoms with Crippen molar-refractivity contribution in [2.75, 3.05) is 12.0 Å². The maximum atomic E-state index is 13.8. The van der Waals surface area contributed by atoms with Crippen LogP contribution in [0.25, 0.3) is 0 Å². The smallest absolute Gasteiger partial charge is 0.238 e. The van der Waals surface area contributed by atoms with Crippen LogP contribution in [0.1, 0.15) is 27.8 Å². The number of amides is 1. The minimum Gasteiger partial charge on any atom is -0.497 e. The summed E-state index contributed by atoms with van der Waals surface area (Å²) in [6.45, 7) is 2.70. The Labute approximate surface area is 165 Å². The van der Waals surface area contributed by atoms with Gasteiger partial charge in [-0.05, 0) is 60.2 Å². The van der Waals surface area contributed by atoms with Gasteiger partial charge < -0.3 is 9.64 Å². The summed E-state index contributed by atoms with van der Waals surface area (Å²) in [6, 6.07) is 22.9. The van der Waals surface area contributed by atoms with E-state index in [1.54, 1.807) is 7.11 Å². The molecule has 1 spiro atoms. The van der Waals surface area contributed by atoms with E-state index in [9.17, 15) is 4.79 Å².